The Morgan fingerprint density at radius 2 is 1.59 bits per heavy atom. The predicted molar refractivity (Wildman–Crippen MR) is 217 cm³/mol. The Kier molecular flexibility index (Phi) is 14.9. The van der Waals surface area contributed by atoms with E-state index in [1.807, 2.05) is 60.5 Å². The SMILES string of the molecule is CC[C@@H]1OC(=O)[C@H](C)[C@@H](O[C@H]2C[C@@](C)(OC)[C@@H](OC(C)=O)[C@H](C)O2)[C@H](C)[C@@H](O[C@@H]2O[C@H](C)C[C@H](N(C)C)[C@H]2O)[C@](C)(OC)C[C@@H](C)C2=NCCN3C(=O)O[C@@]1(C)[C@H]3[C@H]2C. The van der Waals surface area contributed by atoms with Crippen LogP contribution in [-0.2, 0) is 52.2 Å². The molecular weight excluding hydrogens is 766 g/mol. The van der Waals surface area contributed by atoms with Gasteiger partial charge < -0.3 is 52.6 Å². The summed E-state index contributed by atoms with van der Waals surface area (Å²) < 4.78 is 57.7. The lowest BCUT2D eigenvalue weighted by Crippen LogP contribution is -2.62. The summed E-state index contributed by atoms with van der Waals surface area (Å²) in [6, 6.07) is -0.716. The van der Waals surface area contributed by atoms with Crippen LogP contribution in [0.1, 0.15) is 102 Å². The molecule has 0 aromatic heterocycles. The van der Waals surface area contributed by atoms with Gasteiger partial charge in [0.1, 0.15) is 17.8 Å². The second-order valence-corrected chi connectivity index (χ2v) is 18.6. The van der Waals surface area contributed by atoms with Crippen molar-refractivity contribution >= 4 is 23.7 Å². The van der Waals surface area contributed by atoms with E-state index in [4.69, 9.17) is 47.6 Å². The molecule has 0 saturated carbocycles. The minimum absolute atomic E-state index is 0.161. The molecule has 0 aliphatic carbocycles. The summed E-state index contributed by atoms with van der Waals surface area (Å²) in [6.45, 7) is 21.3. The van der Waals surface area contributed by atoms with Crippen molar-refractivity contribution in [3.05, 3.63) is 0 Å². The van der Waals surface area contributed by atoms with Crippen LogP contribution in [0.5, 0.6) is 0 Å². The Hall–Kier alpha value is -2.44. The van der Waals surface area contributed by atoms with E-state index in [1.165, 1.54) is 6.92 Å². The van der Waals surface area contributed by atoms with Gasteiger partial charge in [-0.2, -0.15) is 0 Å². The van der Waals surface area contributed by atoms with Crippen LogP contribution in [0.25, 0.3) is 0 Å². The molecule has 18 atom stereocenters. The van der Waals surface area contributed by atoms with Gasteiger partial charge in [-0.1, -0.05) is 27.7 Å². The number of hydrogen-bond acceptors (Lipinski definition) is 15. The molecule has 5 aliphatic rings. The van der Waals surface area contributed by atoms with E-state index in [-0.39, 0.29) is 30.4 Å². The number of ether oxygens (including phenoxy) is 9. The van der Waals surface area contributed by atoms with E-state index in [0.717, 1.165) is 5.71 Å². The molecule has 1 amide bonds. The predicted octanol–water partition coefficient (Wildman–Crippen LogP) is 4.36. The van der Waals surface area contributed by atoms with Crippen LogP contribution in [0.3, 0.4) is 0 Å². The first-order valence-electron chi connectivity index (χ1n) is 21.5. The van der Waals surface area contributed by atoms with E-state index in [2.05, 4.69) is 13.8 Å². The Morgan fingerprint density at radius 1 is 0.949 bits per heavy atom. The zero-order valence-electron chi connectivity index (χ0n) is 38.1. The van der Waals surface area contributed by atoms with Gasteiger partial charge in [-0.05, 0) is 80.8 Å². The molecule has 0 aromatic rings. The number of cyclic esters (lactones) is 1. The fourth-order valence-corrected chi connectivity index (χ4v) is 10.8. The van der Waals surface area contributed by atoms with Gasteiger partial charge in [-0.3, -0.25) is 19.5 Å². The first kappa shape index (κ1) is 47.6. The monoisotopic (exact) mass is 840 g/mol. The van der Waals surface area contributed by atoms with Crippen molar-refractivity contribution in [3.63, 3.8) is 0 Å². The molecule has 1 N–H and O–H groups in total. The number of aliphatic hydroxyl groups excluding tert-OH is 1. The van der Waals surface area contributed by atoms with Gasteiger partial charge in [0.05, 0.1) is 48.5 Å². The summed E-state index contributed by atoms with van der Waals surface area (Å²) in [4.78, 5) is 49.3. The number of carbonyl (C=O) groups is 3. The van der Waals surface area contributed by atoms with Crippen molar-refractivity contribution in [3.8, 4) is 0 Å². The van der Waals surface area contributed by atoms with Crippen LogP contribution in [0, 0.1) is 23.7 Å². The fraction of sp³-hybridized carbons (Fsp3) is 0.907. The summed E-state index contributed by atoms with van der Waals surface area (Å²) in [6.07, 6.45) is -6.07. The molecule has 16 heteroatoms. The summed E-state index contributed by atoms with van der Waals surface area (Å²) >= 11 is 0. The second-order valence-electron chi connectivity index (χ2n) is 18.6. The quantitative estimate of drug-likeness (QED) is 0.256. The van der Waals surface area contributed by atoms with Crippen molar-refractivity contribution in [1.82, 2.24) is 9.80 Å². The van der Waals surface area contributed by atoms with Crippen molar-refractivity contribution in [1.29, 1.82) is 0 Å². The highest BCUT2D eigenvalue weighted by Crippen LogP contribution is 2.45. The van der Waals surface area contributed by atoms with E-state index in [1.54, 1.807) is 33.0 Å². The minimum Gasteiger partial charge on any atom is -0.458 e. The smallest absolute Gasteiger partial charge is 0.410 e. The first-order valence-corrected chi connectivity index (χ1v) is 21.5. The third-order valence-corrected chi connectivity index (χ3v) is 14.0. The van der Waals surface area contributed by atoms with E-state index >= 15 is 0 Å². The Morgan fingerprint density at radius 3 is 2.19 bits per heavy atom. The van der Waals surface area contributed by atoms with Crippen LogP contribution in [0.15, 0.2) is 4.99 Å². The van der Waals surface area contributed by atoms with Gasteiger partial charge >= 0.3 is 18.0 Å². The summed E-state index contributed by atoms with van der Waals surface area (Å²) in [5.41, 5.74) is -2.37. The number of nitrogens with zero attached hydrogens (tertiary/aromatic N) is 3. The average molecular weight is 840 g/mol. The summed E-state index contributed by atoms with van der Waals surface area (Å²) in [7, 11) is 7.02. The lowest BCUT2D eigenvalue weighted by atomic mass is 9.72. The molecule has 0 spiro atoms. The lowest BCUT2D eigenvalue weighted by molar-refractivity contribution is -0.319. The van der Waals surface area contributed by atoms with Gasteiger partial charge in [-0.25, -0.2) is 4.79 Å². The normalized spacial score (nSPS) is 46.2. The van der Waals surface area contributed by atoms with E-state index in [0.29, 0.717) is 32.4 Å². The largest absolute Gasteiger partial charge is 0.458 e. The maximum absolute atomic E-state index is 14.7. The van der Waals surface area contributed by atoms with Gasteiger partial charge in [0.25, 0.3) is 0 Å². The number of rotatable bonds is 9. The molecule has 2 bridgehead atoms. The molecule has 5 rings (SSSR count). The highest BCUT2D eigenvalue weighted by molar-refractivity contribution is 5.91. The van der Waals surface area contributed by atoms with Crippen LogP contribution in [0.4, 0.5) is 4.79 Å². The highest BCUT2D eigenvalue weighted by Gasteiger charge is 2.61. The Balaban J connectivity index is 1.65. The maximum atomic E-state index is 14.7. The van der Waals surface area contributed by atoms with Gasteiger partial charge in [-0.15, -0.1) is 0 Å². The number of aliphatic imine (C=N–C) groups is 1. The van der Waals surface area contributed by atoms with Crippen molar-refractivity contribution < 1.29 is 62.1 Å². The van der Waals surface area contributed by atoms with E-state index in [9.17, 15) is 19.5 Å². The molecule has 5 aliphatic heterocycles. The molecular formula is C43H73N3O13. The lowest BCUT2D eigenvalue weighted by Gasteiger charge is -2.50. The number of fused-ring (bicyclic) bond motifs is 1. The second kappa shape index (κ2) is 18.5. The fourth-order valence-electron chi connectivity index (χ4n) is 10.8. The van der Waals surface area contributed by atoms with Crippen LogP contribution < -0.4 is 0 Å². The number of aliphatic hydroxyl groups is 1. The maximum Gasteiger partial charge on any atom is 0.410 e. The van der Waals surface area contributed by atoms with Crippen LogP contribution in [-0.4, -0.2) is 164 Å². The zero-order chi connectivity index (χ0) is 43.9. The molecule has 0 aromatic carbocycles. The third-order valence-electron chi connectivity index (χ3n) is 14.0. The molecule has 0 unspecified atom stereocenters. The van der Waals surface area contributed by atoms with Gasteiger partial charge in [0, 0.05) is 57.7 Å². The number of esters is 2. The molecule has 5 heterocycles. The average Bonchev–Trinajstić information content (AvgIpc) is 3.29. The van der Waals surface area contributed by atoms with Crippen LogP contribution in [0.2, 0.25) is 0 Å². The van der Waals surface area contributed by atoms with Gasteiger partial charge in [0.15, 0.2) is 24.3 Å². The van der Waals surface area contributed by atoms with Crippen molar-refractivity contribution in [2.24, 2.45) is 28.7 Å². The van der Waals surface area contributed by atoms with E-state index < -0.39 is 102 Å². The van der Waals surface area contributed by atoms with Crippen molar-refractivity contribution in [2.45, 2.75) is 186 Å². The minimum atomic E-state index is -1.18. The molecule has 4 saturated heterocycles. The van der Waals surface area contributed by atoms with Gasteiger partial charge in [0.2, 0.25) is 0 Å². The number of methoxy groups -OCH3 is 2. The number of carbonyl (C=O) groups excluding carboxylic acids is 3. The third kappa shape index (κ3) is 9.35. The molecule has 338 valence electrons. The molecule has 16 nitrogen and oxygen atoms in total. The highest BCUT2D eigenvalue weighted by atomic mass is 16.7. The summed E-state index contributed by atoms with van der Waals surface area (Å²) in [5, 5.41) is 11.8. The molecule has 4 fully saturated rings. The summed E-state index contributed by atoms with van der Waals surface area (Å²) in [5.74, 6) is -3.03. The Labute approximate surface area is 351 Å². The number of hydrogen-bond donors (Lipinski definition) is 1. The topological polar surface area (TPSA) is 173 Å². The zero-order valence-corrected chi connectivity index (χ0v) is 38.1. The van der Waals surface area contributed by atoms with Crippen LogP contribution >= 0.6 is 0 Å². The number of amides is 1. The Bertz CT molecular complexity index is 1530. The molecule has 59 heavy (non-hydrogen) atoms. The number of likely N-dealkylation sites (N-methyl/N-ethyl adjacent to an activating group) is 1. The molecule has 0 radical (unpaired) electrons. The first-order chi connectivity index (χ1) is 27.5. The van der Waals surface area contributed by atoms with Crippen molar-refractivity contribution in [2.75, 3.05) is 41.4 Å². The standard InChI is InChI=1S/C43H73N3O13/c1-16-30-43(11)35-24(4)32(44-17-18-46(35)40(50)59-43)22(2)20-41(9,51-14)36(58-39-33(48)29(45(12)13)19-23(3)53-39)25(5)34(26(6)38(49)56-30)57-31-21-42(10,52-15)37(27(7)54-31)55-28(8)47/h22-27,29-31,33-37,39,48H,16-21H2,1-15H3/t22-,23-,24+,25+,26-,27+,29+,30+,31+,33-,34+,35-,36-,37+,39+,41-,42-,43-/m1/s1.